The van der Waals surface area contributed by atoms with E-state index in [4.69, 9.17) is 4.52 Å². The summed E-state index contributed by atoms with van der Waals surface area (Å²) in [5.74, 6) is 2.40. The maximum atomic E-state index is 5.24. The van der Waals surface area contributed by atoms with E-state index in [0.717, 1.165) is 24.7 Å². The zero-order valence-corrected chi connectivity index (χ0v) is 11.0. The lowest BCUT2D eigenvalue weighted by molar-refractivity contribution is 0.362. The predicted octanol–water partition coefficient (Wildman–Crippen LogP) is 2.55. The highest BCUT2D eigenvalue weighted by Crippen LogP contribution is 2.31. The summed E-state index contributed by atoms with van der Waals surface area (Å²) in [6.45, 7) is 1.72. The van der Waals surface area contributed by atoms with Crippen LogP contribution in [-0.4, -0.2) is 16.7 Å². The van der Waals surface area contributed by atoms with Crippen molar-refractivity contribution in [2.75, 3.05) is 6.54 Å². The molecule has 0 bridgehead atoms. The Morgan fingerprint density at radius 3 is 2.84 bits per heavy atom. The average molecular weight is 257 g/mol. The summed E-state index contributed by atoms with van der Waals surface area (Å²) in [6.07, 6.45) is 4.81. The topological polar surface area (TPSA) is 51.0 Å². The fourth-order valence-electron chi connectivity index (χ4n) is 2.12. The van der Waals surface area contributed by atoms with Crippen LogP contribution in [0.4, 0.5) is 0 Å². The third-order valence-corrected chi connectivity index (χ3v) is 3.42. The summed E-state index contributed by atoms with van der Waals surface area (Å²) in [6, 6.07) is 10.2. The minimum atomic E-state index is 0.675. The molecule has 1 aromatic heterocycles. The Balaban J connectivity index is 1.45. The molecule has 2 aromatic rings. The number of rotatable bonds is 7. The summed E-state index contributed by atoms with van der Waals surface area (Å²) in [5.41, 5.74) is 1.21. The zero-order valence-electron chi connectivity index (χ0n) is 11.0. The molecule has 4 nitrogen and oxygen atoms in total. The van der Waals surface area contributed by atoms with Crippen LogP contribution < -0.4 is 5.32 Å². The first kappa shape index (κ1) is 12.4. The molecule has 0 radical (unpaired) electrons. The second kappa shape index (κ2) is 5.97. The van der Waals surface area contributed by atoms with E-state index >= 15 is 0 Å². The second-order valence-corrected chi connectivity index (χ2v) is 5.18. The van der Waals surface area contributed by atoms with Gasteiger partial charge in [0, 0.05) is 6.42 Å². The van der Waals surface area contributed by atoms with Gasteiger partial charge in [-0.1, -0.05) is 48.3 Å². The van der Waals surface area contributed by atoms with Crippen LogP contribution in [0.2, 0.25) is 0 Å². The SMILES string of the molecule is c1ccc(Cc2noc(CNCCC3CC3)n2)cc1. The molecule has 1 fully saturated rings. The molecule has 4 heteroatoms. The molecule has 19 heavy (non-hydrogen) atoms. The van der Waals surface area contributed by atoms with E-state index in [0.29, 0.717) is 12.4 Å². The van der Waals surface area contributed by atoms with Crippen molar-refractivity contribution in [3.05, 3.63) is 47.6 Å². The Bertz CT molecular complexity index is 505. The Kier molecular flexibility index (Phi) is 3.89. The standard InChI is InChI=1S/C15H19N3O/c1-2-4-13(5-3-1)10-14-17-15(19-18-14)11-16-9-8-12-6-7-12/h1-5,12,16H,6-11H2. The van der Waals surface area contributed by atoms with Gasteiger partial charge in [0.25, 0.3) is 0 Å². The lowest BCUT2D eigenvalue weighted by Crippen LogP contribution is -2.15. The summed E-state index contributed by atoms with van der Waals surface area (Å²) in [4.78, 5) is 4.40. The van der Waals surface area contributed by atoms with Gasteiger partial charge in [0.2, 0.25) is 5.89 Å². The first-order valence-electron chi connectivity index (χ1n) is 6.96. The minimum absolute atomic E-state index is 0.675. The molecular formula is C15H19N3O. The summed E-state index contributed by atoms with van der Waals surface area (Å²) >= 11 is 0. The van der Waals surface area contributed by atoms with Gasteiger partial charge in [-0.2, -0.15) is 4.98 Å². The highest BCUT2D eigenvalue weighted by molar-refractivity contribution is 5.18. The zero-order chi connectivity index (χ0) is 12.9. The molecule has 0 aliphatic heterocycles. The molecule has 0 unspecified atom stereocenters. The lowest BCUT2D eigenvalue weighted by atomic mass is 10.1. The average Bonchev–Trinajstić information content (AvgIpc) is 3.16. The molecule has 100 valence electrons. The largest absolute Gasteiger partial charge is 0.338 e. The van der Waals surface area contributed by atoms with Gasteiger partial charge in [-0.25, -0.2) is 0 Å². The molecule has 1 aromatic carbocycles. The molecule has 0 amide bonds. The van der Waals surface area contributed by atoms with Crippen LogP contribution >= 0.6 is 0 Å². The van der Waals surface area contributed by atoms with Crippen LogP contribution in [-0.2, 0) is 13.0 Å². The first-order valence-corrected chi connectivity index (χ1v) is 6.96. The number of nitrogens with zero attached hydrogens (tertiary/aromatic N) is 2. The molecule has 0 spiro atoms. The number of nitrogens with one attached hydrogen (secondary N) is 1. The van der Waals surface area contributed by atoms with Crippen molar-refractivity contribution < 1.29 is 4.52 Å². The van der Waals surface area contributed by atoms with Crippen molar-refractivity contribution >= 4 is 0 Å². The van der Waals surface area contributed by atoms with Gasteiger partial charge in [-0.15, -0.1) is 0 Å². The molecular weight excluding hydrogens is 238 g/mol. The first-order chi connectivity index (χ1) is 9.40. The lowest BCUT2D eigenvalue weighted by Gasteiger charge is -1.99. The third kappa shape index (κ3) is 3.89. The van der Waals surface area contributed by atoms with E-state index in [1.54, 1.807) is 0 Å². The van der Waals surface area contributed by atoms with E-state index in [9.17, 15) is 0 Å². The van der Waals surface area contributed by atoms with Crippen LogP contribution in [0.15, 0.2) is 34.9 Å². The summed E-state index contributed by atoms with van der Waals surface area (Å²) in [7, 11) is 0. The van der Waals surface area contributed by atoms with Crippen LogP contribution in [0, 0.1) is 5.92 Å². The molecule has 1 heterocycles. The monoisotopic (exact) mass is 257 g/mol. The van der Waals surface area contributed by atoms with Gasteiger partial charge in [0.1, 0.15) is 0 Å². The van der Waals surface area contributed by atoms with Crippen LogP contribution in [0.5, 0.6) is 0 Å². The normalized spacial score (nSPS) is 14.7. The van der Waals surface area contributed by atoms with E-state index in [2.05, 4.69) is 27.6 Å². The Morgan fingerprint density at radius 2 is 2.05 bits per heavy atom. The number of hydrogen-bond acceptors (Lipinski definition) is 4. The highest BCUT2D eigenvalue weighted by atomic mass is 16.5. The predicted molar refractivity (Wildman–Crippen MR) is 72.6 cm³/mol. The third-order valence-electron chi connectivity index (χ3n) is 3.42. The van der Waals surface area contributed by atoms with Gasteiger partial charge >= 0.3 is 0 Å². The Labute approximate surface area is 113 Å². The summed E-state index contributed by atoms with van der Waals surface area (Å²) < 4.78 is 5.24. The number of aromatic nitrogens is 2. The molecule has 0 atom stereocenters. The van der Waals surface area contributed by atoms with E-state index in [1.165, 1.54) is 24.8 Å². The molecule has 1 aliphatic rings. The molecule has 1 N–H and O–H groups in total. The Morgan fingerprint density at radius 1 is 1.21 bits per heavy atom. The van der Waals surface area contributed by atoms with Crippen molar-refractivity contribution in [2.45, 2.75) is 32.2 Å². The van der Waals surface area contributed by atoms with Crippen molar-refractivity contribution in [3.63, 3.8) is 0 Å². The maximum absolute atomic E-state index is 5.24. The van der Waals surface area contributed by atoms with Crippen LogP contribution in [0.3, 0.4) is 0 Å². The molecule has 1 aliphatic carbocycles. The van der Waals surface area contributed by atoms with Crippen molar-refractivity contribution in [1.82, 2.24) is 15.5 Å². The Hall–Kier alpha value is -1.68. The van der Waals surface area contributed by atoms with Gasteiger partial charge in [0.05, 0.1) is 6.54 Å². The van der Waals surface area contributed by atoms with Gasteiger partial charge in [-0.05, 0) is 24.4 Å². The molecule has 3 rings (SSSR count). The van der Waals surface area contributed by atoms with Crippen molar-refractivity contribution in [1.29, 1.82) is 0 Å². The smallest absolute Gasteiger partial charge is 0.240 e. The van der Waals surface area contributed by atoms with Crippen LogP contribution in [0.25, 0.3) is 0 Å². The van der Waals surface area contributed by atoms with Gasteiger partial charge < -0.3 is 9.84 Å². The summed E-state index contributed by atoms with van der Waals surface area (Å²) in [5, 5.41) is 7.37. The van der Waals surface area contributed by atoms with E-state index in [1.807, 2.05) is 18.2 Å². The number of hydrogen-bond donors (Lipinski definition) is 1. The number of benzene rings is 1. The van der Waals surface area contributed by atoms with Gasteiger partial charge in [0.15, 0.2) is 5.82 Å². The van der Waals surface area contributed by atoms with E-state index < -0.39 is 0 Å². The quantitative estimate of drug-likeness (QED) is 0.774. The van der Waals surface area contributed by atoms with Crippen molar-refractivity contribution in [2.24, 2.45) is 5.92 Å². The fourth-order valence-corrected chi connectivity index (χ4v) is 2.12. The molecule has 1 saturated carbocycles. The van der Waals surface area contributed by atoms with E-state index in [-0.39, 0.29) is 0 Å². The highest BCUT2D eigenvalue weighted by Gasteiger charge is 2.20. The van der Waals surface area contributed by atoms with Crippen molar-refractivity contribution in [3.8, 4) is 0 Å². The maximum Gasteiger partial charge on any atom is 0.240 e. The molecule has 0 saturated heterocycles. The van der Waals surface area contributed by atoms with Gasteiger partial charge in [-0.3, -0.25) is 0 Å². The fraction of sp³-hybridized carbons (Fsp3) is 0.467. The minimum Gasteiger partial charge on any atom is -0.338 e. The van der Waals surface area contributed by atoms with Crippen LogP contribution in [0.1, 0.15) is 36.5 Å². The second-order valence-electron chi connectivity index (χ2n) is 5.18.